The molecule has 0 fully saturated rings. The Morgan fingerprint density at radius 2 is 1.78 bits per heavy atom. The van der Waals surface area contributed by atoms with Crippen LogP contribution in [0.1, 0.15) is 34.0 Å². The third kappa shape index (κ3) is 3.69. The van der Waals surface area contributed by atoms with Crippen LogP contribution in [-0.2, 0) is 6.42 Å². The first kappa shape index (κ1) is 23.0. The van der Waals surface area contributed by atoms with Crippen molar-refractivity contribution in [3.8, 4) is 5.75 Å². The van der Waals surface area contributed by atoms with Gasteiger partial charge in [0.15, 0.2) is 4.80 Å². The first-order valence-electron chi connectivity index (χ1n) is 11.2. The fraction of sp³-hybridized carbons (Fsp3) is 0.120. The molecule has 0 unspecified atom stereocenters. The molecule has 1 atom stereocenters. The predicted octanol–water partition coefficient (Wildman–Crippen LogP) is 3.90. The van der Waals surface area contributed by atoms with Crippen molar-refractivity contribution in [3.05, 3.63) is 121 Å². The number of thiophene rings is 1. The second kappa shape index (κ2) is 8.61. The lowest BCUT2D eigenvalue weighted by atomic mass is 9.85. The van der Waals surface area contributed by atoms with Crippen molar-refractivity contribution in [1.82, 2.24) is 4.57 Å². The van der Waals surface area contributed by atoms with Crippen molar-refractivity contribution in [2.75, 3.05) is 0 Å². The molecule has 2 aromatic heterocycles. The van der Waals surface area contributed by atoms with E-state index in [-0.39, 0.29) is 21.7 Å². The number of nitro benzene ring substituents is 2. The van der Waals surface area contributed by atoms with E-state index >= 15 is 0 Å². The number of phenols is 1. The molecule has 2 aromatic carbocycles. The molecule has 10 nitrogen and oxygen atoms in total. The van der Waals surface area contributed by atoms with Gasteiger partial charge in [-0.15, -0.1) is 11.3 Å². The van der Waals surface area contributed by atoms with Crippen LogP contribution >= 0.6 is 22.7 Å². The van der Waals surface area contributed by atoms with E-state index in [0.717, 1.165) is 58.0 Å². The summed E-state index contributed by atoms with van der Waals surface area (Å²) >= 11 is 2.66. The highest BCUT2D eigenvalue weighted by molar-refractivity contribution is 7.10. The van der Waals surface area contributed by atoms with Gasteiger partial charge in [0.25, 0.3) is 11.3 Å². The maximum atomic E-state index is 13.7. The number of allylic oxidation sites excluding steroid dienone is 1. The third-order valence-electron chi connectivity index (χ3n) is 6.47. The van der Waals surface area contributed by atoms with Gasteiger partial charge in [0.2, 0.25) is 0 Å². The van der Waals surface area contributed by atoms with Crippen LogP contribution in [0.2, 0.25) is 0 Å². The summed E-state index contributed by atoms with van der Waals surface area (Å²) in [5.74, 6) is -1.03. The Morgan fingerprint density at radius 1 is 1.05 bits per heavy atom. The van der Waals surface area contributed by atoms with Crippen LogP contribution in [0, 0.1) is 20.2 Å². The molecule has 1 N–H and O–H groups in total. The number of hydrogen-bond acceptors (Lipinski definition) is 9. The number of rotatable bonds is 4. The van der Waals surface area contributed by atoms with Crippen LogP contribution in [0.25, 0.3) is 11.8 Å². The van der Waals surface area contributed by atoms with E-state index in [0.29, 0.717) is 4.80 Å². The Bertz CT molecular complexity index is 1800. The Balaban J connectivity index is 1.60. The fourth-order valence-corrected chi connectivity index (χ4v) is 6.71. The quantitative estimate of drug-likeness (QED) is 0.312. The molecule has 0 spiro atoms. The van der Waals surface area contributed by atoms with Crippen LogP contribution in [-0.4, -0.2) is 19.5 Å². The van der Waals surface area contributed by atoms with E-state index in [4.69, 9.17) is 4.99 Å². The second-order valence-electron chi connectivity index (χ2n) is 8.55. The Kier molecular flexibility index (Phi) is 5.35. The lowest BCUT2D eigenvalue weighted by molar-refractivity contribution is -0.396. The lowest BCUT2D eigenvalue weighted by Gasteiger charge is -2.30. The maximum Gasteiger partial charge on any atom is 0.318 e. The van der Waals surface area contributed by atoms with Crippen LogP contribution < -0.4 is 14.9 Å². The van der Waals surface area contributed by atoms with Crippen molar-refractivity contribution >= 4 is 45.8 Å². The number of nitrogens with zero attached hydrogens (tertiary/aromatic N) is 4. The van der Waals surface area contributed by atoms with Crippen molar-refractivity contribution in [2.45, 2.75) is 18.9 Å². The summed E-state index contributed by atoms with van der Waals surface area (Å²) in [4.78, 5) is 41.0. The molecule has 0 saturated heterocycles. The van der Waals surface area contributed by atoms with Gasteiger partial charge in [-0.1, -0.05) is 41.7 Å². The van der Waals surface area contributed by atoms with E-state index < -0.39 is 27.0 Å². The molecular formula is C25H16N4O6S2. The largest absolute Gasteiger partial charge is 0.497 e. The van der Waals surface area contributed by atoms with Gasteiger partial charge in [0.05, 0.1) is 26.1 Å². The zero-order valence-electron chi connectivity index (χ0n) is 18.9. The summed E-state index contributed by atoms with van der Waals surface area (Å²) in [6.45, 7) is 0. The summed E-state index contributed by atoms with van der Waals surface area (Å²) in [5.41, 5.74) is 2.23. The average Bonchev–Trinajstić information content (AvgIpc) is 3.52. The van der Waals surface area contributed by atoms with Crippen LogP contribution in [0.15, 0.2) is 69.3 Å². The molecular weight excluding hydrogens is 516 g/mol. The summed E-state index contributed by atoms with van der Waals surface area (Å²) < 4.78 is 1.86. The zero-order chi connectivity index (χ0) is 25.8. The van der Waals surface area contributed by atoms with E-state index in [2.05, 4.69) is 6.07 Å². The molecule has 1 aliphatic heterocycles. The fourth-order valence-electron chi connectivity index (χ4n) is 4.86. The standard InChI is InChI=1S/C25H16N4O6S2/c30-23-17(28(32)33)10-13(11-18(23)29(34)35)12-20-24(31)27-22(19-6-3-9-36-19)16-8-7-14-4-1-2-5-15(14)21(16)26-25(27)37-20/h1-6,9-12,22,30H,7-8H2/b20-12+/t22-/m1/s1. The van der Waals surface area contributed by atoms with Gasteiger partial charge >= 0.3 is 11.4 Å². The van der Waals surface area contributed by atoms with Gasteiger partial charge in [0, 0.05) is 22.6 Å². The minimum absolute atomic E-state index is 0.0586. The van der Waals surface area contributed by atoms with E-state index in [1.807, 2.05) is 35.7 Å². The smallest absolute Gasteiger partial charge is 0.318 e. The first-order chi connectivity index (χ1) is 17.8. The molecule has 6 rings (SSSR count). The van der Waals surface area contributed by atoms with E-state index in [9.17, 15) is 30.1 Å². The van der Waals surface area contributed by atoms with Crippen LogP contribution in [0.3, 0.4) is 0 Å². The SMILES string of the molecule is O=c1/c(=C\c2cc([N+](=O)[O-])c(O)c([N+](=O)[O-])c2)sc2n1[C@@H](c1cccs1)C1=C(N=2)c2ccccc2CC1. The molecule has 184 valence electrons. The van der Waals surface area contributed by atoms with E-state index in [1.54, 1.807) is 15.9 Å². The number of phenolic OH excluding ortho intramolecular Hbond substituents is 1. The van der Waals surface area contributed by atoms with Crippen molar-refractivity contribution in [1.29, 1.82) is 0 Å². The van der Waals surface area contributed by atoms with Crippen LogP contribution in [0.5, 0.6) is 5.75 Å². The molecule has 0 amide bonds. The Labute approximate surface area is 215 Å². The number of nitro groups is 2. The summed E-state index contributed by atoms with van der Waals surface area (Å²) in [7, 11) is 0. The predicted molar refractivity (Wildman–Crippen MR) is 138 cm³/mol. The number of thiazole rings is 1. The van der Waals surface area contributed by atoms with Crippen molar-refractivity contribution in [2.24, 2.45) is 4.99 Å². The lowest BCUT2D eigenvalue weighted by Crippen LogP contribution is -2.38. The average molecular weight is 533 g/mol. The van der Waals surface area contributed by atoms with Gasteiger partial charge in [-0.25, -0.2) is 4.99 Å². The molecule has 12 heteroatoms. The normalized spacial score (nSPS) is 16.5. The Hall–Kier alpha value is -4.42. The summed E-state index contributed by atoms with van der Waals surface area (Å²) in [6, 6.07) is 13.7. The number of fused-ring (bicyclic) bond motifs is 3. The molecule has 2 aliphatic rings. The van der Waals surface area contributed by atoms with Crippen molar-refractivity contribution < 1.29 is 15.0 Å². The molecule has 3 heterocycles. The minimum Gasteiger partial charge on any atom is -0.497 e. The first-order valence-corrected chi connectivity index (χ1v) is 12.9. The third-order valence-corrected chi connectivity index (χ3v) is 8.38. The topological polar surface area (TPSA) is 141 Å². The number of benzene rings is 2. The maximum absolute atomic E-state index is 13.7. The molecule has 0 saturated carbocycles. The summed E-state index contributed by atoms with van der Waals surface area (Å²) in [5, 5.41) is 34.7. The minimum atomic E-state index is -1.03. The number of hydrogen-bond donors (Lipinski definition) is 1. The van der Waals surface area contributed by atoms with Gasteiger partial charge < -0.3 is 5.11 Å². The van der Waals surface area contributed by atoms with Gasteiger partial charge in [0.1, 0.15) is 0 Å². The molecule has 0 radical (unpaired) electrons. The molecule has 4 aromatic rings. The monoisotopic (exact) mass is 532 g/mol. The number of aryl methyl sites for hydroxylation is 1. The second-order valence-corrected chi connectivity index (χ2v) is 10.5. The van der Waals surface area contributed by atoms with Gasteiger partial charge in [-0.2, -0.15) is 0 Å². The van der Waals surface area contributed by atoms with Crippen molar-refractivity contribution in [3.63, 3.8) is 0 Å². The zero-order valence-corrected chi connectivity index (χ0v) is 20.5. The van der Waals surface area contributed by atoms with Gasteiger partial charge in [-0.05, 0) is 47.1 Å². The molecule has 0 bridgehead atoms. The highest BCUT2D eigenvalue weighted by atomic mass is 32.1. The highest BCUT2D eigenvalue weighted by Crippen LogP contribution is 2.42. The van der Waals surface area contributed by atoms with Gasteiger partial charge in [-0.3, -0.25) is 29.6 Å². The van der Waals surface area contributed by atoms with Crippen LogP contribution in [0.4, 0.5) is 11.4 Å². The van der Waals surface area contributed by atoms with E-state index in [1.165, 1.54) is 11.6 Å². The highest BCUT2D eigenvalue weighted by Gasteiger charge is 2.33. The molecule has 37 heavy (non-hydrogen) atoms. The summed E-state index contributed by atoms with van der Waals surface area (Å²) in [6.07, 6.45) is 2.95. The number of aromatic nitrogens is 1. The molecule has 1 aliphatic carbocycles. The number of aromatic hydroxyl groups is 1. The Morgan fingerprint density at radius 3 is 2.46 bits per heavy atom.